The highest BCUT2D eigenvalue weighted by atomic mass is 35.5. The van der Waals surface area contributed by atoms with E-state index in [-0.39, 0.29) is 24.9 Å². The molecule has 0 bridgehead atoms. The zero-order valence-electron chi connectivity index (χ0n) is 13.8. The van der Waals surface area contributed by atoms with Crippen molar-refractivity contribution in [3.05, 3.63) is 59.7 Å². The molecule has 6 heteroatoms. The largest absolute Gasteiger partial charge is 0.457 e. The van der Waals surface area contributed by atoms with Crippen LogP contribution in [-0.2, 0) is 16.1 Å². The number of aryl methyl sites for hydroxylation is 1. The Labute approximate surface area is 148 Å². The molecule has 0 saturated carbocycles. The summed E-state index contributed by atoms with van der Waals surface area (Å²) in [5.41, 5.74) is 7.75. The van der Waals surface area contributed by atoms with E-state index in [2.05, 4.69) is 5.32 Å². The molecule has 0 heterocycles. The van der Waals surface area contributed by atoms with E-state index in [1.54, 1.807) is 0 Å². The SMILES string of the molecule is COCC(N)C(=O)NCc1ccccc1Oc1ccc(C)cc1.Cl. The predicted molar refractivity (Wildman–Crippen MR) is 96.6 cm³/mol. The zero-order valence-corrected chi connectivity index (χ0v) is 14.6. The van der Waals surface area contributed by atoms with Crippen molar-refractivity contribution in [2.75, 3.05) is 13.7 Å². The summed E-state index contributed by atoms with van der Waals surface area (Å²) in [5, 5.41) is 2.79. The van der Waals surface area contributed by atoms with Crippen molar-refractivity contribution in [1.82, 2.24) is 5.32 Å². The number of rotatable bonds is 7. The molecule has 0 saturated heterocycles. The van der Waals surface area contributed by atoms with Crippen LogP contribution in [-0.4, -0.2) is 25.7 Å². The van der Waals surface area contributed by atoms with E-state index < -0.39 is 6.04 Å². The van der Waals surface area contributed by atoms with E-state index >= 15 is 0 Å². The average molecular weight is 351 g/mol. The molecule has 0 radical (unpaired) electrons. The Kier molecular flexibility index (Phi) is 8.26. The highest BCUT2D eigenvalue weighted by molar-refractivity contribution is 5.85. The van der Waals surface area contributed by atoms with Crippen molar-refractivity contribution in [2.45, 2.75) is 19.5 Å². The minimum Gasteiger partial charge on any atom is -0.457 e. The van der Waals surface area contributed by atoms with Crippen LogP contribution in [0.2, 0.25) is 0 Å². The lowest BCUT2D eigenvalue weighted by molar-refractivity contribution is -0.123. The molecule has 0 aliphatic carbocycles. The Morgan fingerprint density at radius 3 is 2.50 bits per heavy atom. The van der Waals surface area contributed by atoms with Crippen molar-refractivity contribution >= 4 is 18.3 Å². The summed E-state index contributed by atoms with van der Waals surface area (Å²) in [5.74, 6) is 1.21. The normalized spacial score (nSPS) is 11.3. The Hall–Kier alpha value is -2.08. The first kappa shape index (κ1) is 20.0. The number of carbonyl (C=O) groups is 1. The molecule has 0 aliphatic rings. The summed E-state index contributed by atoms with van der Waals surface area (Å²) in [6.45, 7) is 2.56. The van der Waals surface area contributed by atoms with Crippen molar-refractivity contribution in [3.8, 4) is 11.5 Å². The number of methoxy groups -OCH3 is 1. The molecule has 0 spiro atoms. The Morgan fingerprint density at radius 2 is 1.83 bits per heavy atom. The van der Waals surface area contributed by atoms with Gasteiger partial charge in [-0.15, -0.1) is 12.4 Å². The number of hydrogen-bond acceptors (Lipinski definition) is 4. The fourth-order valence-corrected chi connectivity index (χ4v) is 2.05. The monoisotopic (exact) mass is 350 g/mol. The van der Waals surface area contributed by atoms with Gasteiger partial charge in [-0.2, -0.15) is 0 Å². The van der Waals surface area contributed by atoms with Crippen LogP contribution in [0, 0.1) is 6.92 Å². The fraction of sp³-hybridized carbons (Fsp3) is 0.278. The van der Waals surface area contributed by atoms with Gasteiger partial charge < -0.3 is 20.5 Å². The first-order valence-corrected chi connectivity index (χ1v) is 7.45. The molecule has 1 amide bonds. The second-order valence-corrected chi connectivity index (χ2v) is 5.30. The Morgan fingerprint density at radius 1 is 1.17 bits per heavy atom. The number of nitrogens with two attached hydrogens (primary N) is 1. The van der Waals surface area contributed by atoms with Crippen LogP contribution in [0.4, 0.5) is 0 Å². The molecular weight excluding hydrogens is 328 g/mol. The maximum atomic E-state index is 11.9. The van der Waals surface area contributed by atoms with E-state index in [1.807, 2.05) is 55.5 Å². The third-order valence-electron chi connectivity index (χ3n) is 3.36. The summed E-state index contributed by atoms with van der Waals surface area (Å²) >= 11 is 0. The number of halogens is 1. The fourth-order valence-electron chi connectivity index (χ4n) is 2.05. The molecular formula is C18H23ClN2O3. The minimum absolute atomic E-state index is 0. The Bertz CT molecular complexity index is 647. The number of carbonyl (C=O) groups excluding carboxylic acids is 1. The summed E-state index contributed by atoms with van der Waals surface area (Å²) < 4.78 is 10.8. The van der Waals surface area contributed by atoms with E-state index in [9.17, 15) is 4.79 Å². The first-order chi connectivity index (χ1) is 11.1. The third-order valence-corrected chi connectivity index (χ3v) is 3.36. The number of benzene rings is 2. The van der Waals surface area contributed by atoms with Gasteiger partial charge in [-0.1, -0.05) is 35.9 Å². The van der Waals surface area contributed by atoms with Gasteiger partial charge in [-0.25, -0.2) is 0 Å². The maximum absolute atomic E-state index is 11.9. The van der Waals surface area contributed by atoms with Crippen LogP contribution in [0.1, 0.15) is 11.1 Å². The molecule has 0 aliphatic heterocycles. The summed E-state index contributed by atoms with van der Waals surface area (Å²) in [6.07, 6.45) is 0. The molecule has 130 valence electrons. The van der Waals surface area contributed by atoms with E-state index in [0.717, 1.165) is 11.3 Å². The van der Waals surface area contributed by atoms with E-state index in [1.165, 1.54) is 12.7 Å². The minimum atomic E-state index is -0.676. The molecule has 2 aromatic rings. The van der Waals surface area contributed by atoms with Crippen LogP contribution >= 0.6 is 12.4 Å². The molecule has 3 N–H and O–H groups in total. The molecule has 1 atom stereocenters. The van der Waals surface area contributed by atoms with Gasteiger partial charge in [0.25, 0.3) is 0 Å². The first-order valence-electron chi connectivity index (χ1n) is 7.45. The Balaban J connectivity index is 0.00000288. The lowest BCUT2D eigenvalue weighted by Crippen LogP contribution is -2.43. The topological polar surface area (TPSA) is 73.6 Å². The molecule has 1 unspecified atom stereocenters. The van der Waals surface area contributed by atoms with Gasteiger partial charge in [0.1, 0.15) is 17.5 Å². The number of nitrogens with one attached hydrogen (secondary N) is 1. The third kappa shape index (κ3) is 5.85. The van der Waals surface area contributed by atoms with E-state index in [0.29, 0.717) is 12.3 Å². The van der Waals surface area contributed by atoms with Crippen molar-refractivity contribution in [3.63, 3.8) is 0 Å². The molecule has 24 heavy (non-hydrogen) atoms. The molecule has 5 nitrogen and oxygen atoms in total. The van der Waals surface area contributed by atoms with Gasteiger partial charge in [-0.05, 0) is 25.1 Å². The van der Waals surface area contributed by atoms with Gasteiger partial charge >= 0.3 is 0 Å². The second kappa shape index (κ2) is 9.93. The summed E-state index contributed by atoms with van der Waals surface area (Å²) in [6, 6.07) is 14.7. The van der Waals surface area contributed by atoms with Crippen molar-refractivity contribution < 1.29 is 14.3 Å². The highest BCUT2D eigenvalue weighted by Crippen LogP contribution is 2.25. The van der Waals surface area contributed by atoms with Crippen LogP contribution < -0.4 is 15.8 Å². The summed E-state index contributed by atoms with van der Waals surface area (Å²) in [4.78, 5) is 11.9. The maximum Gasteiger partial charge on any atom is 0.239 e. The zero-order chi connectivity index (χ0) is 16.7. The van der Waals surface area contributed by atoms with Crippen LogP contribution in [0.5, 0.6) is 11.5 Å². The number of hydrogen-bond donors (Lipinski definition) is 2. The van der Waals surface area contributed by atoms with Crippen LogP contribution in [0.15, 0.2) is 48.5 Å². The summed E-state index contributed by atoms with van der Waals surface area (Å²) in [7, 11) is 1.51. The molecule has 2 rings (SSSR count). The van der Waals surface area contributed by atoms with Crippen LogP contribution in [0.25, 0.3) is 0 Å². The van der Waals surface area contributed by atoms with Crippen molar-refractivity contribution in [2.24, 2.45) is 5.73 Å². The lowest BCUT2D eigenvalue weighted by atomic mass is 10.2. The van der Waals surface area contributed by atoms with Gasteiger partial charge in [0, 0.05) is 19.2 Å². The molecule has 2 aromatic carbocycles. The second-order valence-electron chi connectivity index (χ2n) is 5.30. The average Bonchev–Trinajstić information content (AvgIpc) is 2.56. The van der Waals surface area contributed by atoms with Gasteiger partial charge in [0.2, 0.25) is 5.91 Å². The van der Waals surface area contributed by atoms with Crippen LogP contribution in [0.3, 0.4) is 0 Å². The van der Waals surface area contributed by atoms with Crippen molar-refractivity contribution in [1.29, 1.82) is 0 Å². The van der Waals surface area contributed by atoms with Gasteiger partial charge in [0.15, 0.2) is 0 Å². The number of ether oxygens (including phenoxy) is 2. The number of para-hydroxylation sites is 1. The standard InChI is InChI=1S/C18H22N2O3.ClH/c1-13-7-9-15(10-8-13)23-17-6-4-3-5-14(17)11-20-18(21)16(19)12-22-2;/h3-10,16H,11-12,19H2,1-2H3,(H,20,21);1H. The van der Waals surface area contributed by atoms with Gasteiger partial charge in [-0.3, -0.25) is 4.79 Å². The molecule has 0 aromatic heterocycles. The lowest BCUT2D eigenvalue weighted by Gasteiger charge is -2.14. The van der Waals surface area contributed by atoms with Gasteiger partial charge in [0.05, 0.1) is 6.61 Å². The van der Waals surface area contributed by atoms with E-state index in [4.69, 9.17) is 15.2 Å². The predicted octanol–water partition coefficient (Wildman–Crippen LogP) is 2.80. The smallest absolute Gasteiger partial charge is 0.239 e. The molecule has 0 fully saturated rings. The number of amides is 1. The highest BCUT2D eigenvalue weighted by Gasteiger charge is 2.13. The quantitative estimate of drug-likeness (QED) is 0.805.